The number of pyridine rings is 1. The second kappa shape index (κ2) is 14.9. The molecule has 0 unspecified atom stereocenters. The van der Waals surface area contributed by atoms with E-state index >= 15 is 0 Å². The van der Waals surface area contributed by atoms with Crippen LogP contribution in [0.5, 0.6) is 0 Å². The number of methoxy groups -OCH3 is 1. The summed E-state index contributed by atoms with van der Waals surface area (Å²) in [6, 6.07) is 9.48. The molecule has 1 aliphatic heterocycles. The summed E-state index contributed by atoms with van der Waals surface area (Å²) in [5.74, 6) is -0.166. The highest BCUT2D eigenvalue weighted by molar-refractivity contribution is 7.98. The van der Waals surface area contributed by atoms with E-state index in [-0.39, 0.29) is 11.5 Å². The fraction of sp³-hybridized carbons (Fsp3) is 0.370. The summed E-state index contributed by atoms with van der Waals surface area (Å²) in [5.41, 5.74) is 1.89. The first kappa shape index (κ1) is 30.4. The van der Waals surface area contributed by atoms with Gasteiger partial charge in [-0.15, -0.1) is 22.0 Å². The standard InChI is InChI=1S/C27H32ClFN8O3S/c1-40-27(39)31-8-10-37-13-11-36(12-14-37)9-6-25(38)33-24-16-19(5-7-30-24)32-23-17-22(34-35-26(23)41-2)20-15-18(28)3-4-21(20)29/h3-5,7,15-17H,6,8-14H2,1-2H3,(H,31,39)(H2,30,32,33,34,38). The number of amides is 2. The number of hydrogen-bond acceptors (Lipinski definition) is 10. The molecule has 1 saturated heterocycles. The third kappa shape index (κ3) is 8.98. The summed E-state index contributed by atoms with van der Waals surface area (Å²) in [6.45, 7) is 5.37. The largest absolute Gasteiger partial charge is 0.453 e. The lowest BCUT2D eigenvalue weighted by molar-refractivity contribution is -0.116. The Bertz CT molecular complexity index is 1360. The molecule has 0 saturated carbocycles. The summed E-state index contributed by atoms with van der Waals surface area (Å²) in [6.07, 6.45) is 3.37. The molecule has 1 aromatic carbocycles. The van der Waals surface area contributed by atoms with Gasteiger partial charge in [0.15, 0.2) is 0 Å². The molecule has 0 atom stereocenters. The molecule has 218 valence electrons. The van der Waals surface area contributed by atoms with Crippen molar-refractivity contribution in [2.45, 2.75) is 11.4 Å². The van der Waals surface area contributed by atoms with Gasteiger partial charge in [0.1, 0.15) is 16.7 Å². The Kier molecular flexibility index (Phi) is 11.1. The van der Waals surface area contributed by atoms with Gasteiger partial charge in [-0.1, -0.05) is 11.6 Å². The molecule has 0 radical (unpaired) electrons. The number of nitrogens with zero attached hydrogens (tertiary/aromatic N) is 5. The molecule has 2 aromatic heterocycles. The van der Waals surface area contributed by atoms with Crippen LogP contribution in [0.15, 0.2) is 47.6 Å². The lowest BCUT2D eigenvalue weighted by Crippen LogP contribution is -2.48. The Balaban J connectivity index is 1.29. The van der Waals surface area contributed by atoms with Crippen LogP contribution in [0, 0.1) is 5.82 Å². The monoisotopic (exact) mass is 602 g/mol. The number of nitrogens with one attached hydrogen (secondary N) is 3. The van der Waals surface area contributed by atoms with Crippen LogP contribution in [0.2, 0.25) is 5.02 Å². The molecule has 41 heavy (non-hydrogen) atoms. The van der Waals surface area contributed by atoms with Crippen molar-refractivity contribution in [3.63, 3.8) is 0 Å². The van der Waals surface area contributed by atoms with Crippen LogP contribution in [0.3, 0.4) is 0 Å². The van der Waals surface area contributed by atoms with Crippen molar-refractivity contribution in [3.8, 4) is 11.3 Å². The van der Waals surface area contributed by atoms with Crippen LogP contribution in [-0.4, -0.2) is 96.2 Å². The molecular formula is C27H32ClFN8O3S. The smallest absolute Gasteiger partial charge is 0.406 e. The number of aromatic nitrogens is 3. The third-order valence-electron chi connectivity index (χ3n) is 6.47. The van der Waals surface area contributed by atoms with Crippen LogP contribution in [0.1, 0.15) is 6.42 Å². The molecule has 3 aromatic rings. The van der Waals surface area contributed by atoms with Crippen molar-refractivity contribution >= 4 is 52.6 Å². The van der Waals surface area contributed by atoms with Crippen molar-refractivity contribution in [2.24, 2.45) is 0 Å². The average Bonchev–Trinajstić information content (AvgIpc) is 2.98. The van der Waals surface area contributed by atoms with Gasteiger partial charge in [-0.2, -0.15) is 0 Å². The molecule has 14 heteroatoms. The zero-order valence-electron chi connectivity index (χ0n) is 22.8. The van der Waals surface area contributed by atoms with Crippen LogP contribution in [0.4, 0.5) is 26.4 Å². The number of thioether (sulfide) groups is 1. The summed E-state index contributed by atoms with van der Waals surface area (Å²) in [7, 11) is 1.35. The zero-order valence-corrected chi connectivity index (χ0v) is 24.4. The van der Waals surface area contributed by atoms with Crippen LogP contribution in [0.25, 0.3) is 11.3 Å². The molecule has 0 bridgehead atoms. The molecule has 3 N–H and O–H groups in total. The molecule has 0 spiro atoms. The molecule has 2 amide bonds. The SMILES string of the molecule is COC(=O)NCCN1CCN(CCC(=O)Nc2cc(Nc3cc(-c4cc(Cl)ccc4F)nnc3SC)ccn2)CC1. The van der Waals surface area contributed by atoms with Gasteiger partial charge < -0.3 is 25.6 Å². The van der Waals surface area contributed by atoms with Crippen molar-refractivity contribution in [2.75, 3.05) is 69.8 Å². The summed E-state index contributed by atoms with van der Waals surface area (Å²) < 4.78 is 19.0. The van der Waals surface area contributed by atoms with E-state index in [4.69, 9.17) is 11.6 Å². The zero-order chi connectivity index (χ0) is 29.2. The predicted molar refractivity (Wildman–Crippen MR) is 158 cm³/mol. The predicted octanol–water partition coefficient (Wildman–Crippen LogP) is 4.10. The first-order valence-corrected chi connectivity index (χ1v) is 14.6. The number of rotatable bonds is 11. The number of carbonyl (C=O) groups is 2. The van der Waals surface area contributed by atoms with Gasteiger partial charge in [0.05, 0.1) is 18.5 Å². The fourth-order valence-corrected chi connectivity index (χ4v) is 4.89. The number of hydrogen-bond donors (Lipinski definition) is 3. The van der Waals surface area contributed by atoms with Gasteiger partial charge in [0, 0.05) is 80.8 Å². The normalized spacial score (nSPS) is 14.0. The maximum absolute atomic E-state index is 14.4. The number of anilines is 3. The summed E-state index contributed by atoms with van der Waals surface area (Å²) in [5, 5.41) is 18.2. The minimum Gasteiger partial charge on any atom is -0.453 e. The highest BCUT2D eigenvalue weighted by atomic mass is 35.5. The summed E-state index contributed by atoms with van der Waals surface area (Å²) >= 11 is 7.46. The van der Waals surface area contributed by atoms with Gasteiger partial charge in [0.25, 0.3) is 0 Å². The number of alkyl carbamates (subject to hydrolysis) is 1. The van der Waals surface area contributed by atoms with Crippen molar-refractivity contribution < 1.29 is 18.7 Å². The Morgan fingerprint density at radius 2 is 1.83 bits per heavy atom. The lowest BCUT2D eigenvalue weighted by atomic mass is 10.1. The number of ether oxygens (including phenoxy) is 1. The number of halogens is 2. The Labute approximate surface area is 247 Å². The highest BCUT2D eigenvalue weighted by Gasteiger charge is 2.18. The second-order valence-corrected chi connectivity index (χ2v) is 10.5. The van der Waals surface area contributed by atoms with Gasteiger partial charge >= 0.3 is 6.09 Å². The van der Waals surface area contributed by atoms with Gasteiger partial charge in [-0.25, -0.2) is 14.2 Å². The van der Waals surface area contributed by atoms with Gasteiger partial charge in [-0.3, -0.25) is 9.69 Å². The number of benzene rings is 1. The van der Waals surface area contributed by atoms with E-state index in [1.807, 2.05) is 6.26 Å². The van der Waals surface area contributed by atoms with E-state index in [9.17, 15) is 14.0 Å². The van der Waals surface area contributed by atoms with E-state index in [0.717, 1.165) is 32.7 Å². The molecule has 1 fully saturated rings. The quantitative estimate of drug-likeness (QED) is 0.276. The number of piperazine rings is 1. The first-order chi connectivity index (χ1) is 19.8. The highest BCUT2D eigenvalue weighted by Crippen LogP contribution is 2.31. The second-order valence-electron chi connectivity index (χ2n) is 9.23. The van der Waals surface area contributed by atoms with E-state index in [1.165, 1.54) is 37.1 Å². The molecule has 11 nitrogen and oxygen atoms in total. The average molecular weight is 603 g/mol. The molecule has 1 aliphatic rings. The Morgan fingerprint density at radius 1 is 1.07 bits per heavy atom. The van der Waals surface area contributed by atoms with Crippen LogP contribution in [-0.2, 0) is 9.53 Å². The van der Waals surface area contributed by atoms with E-state index in [0.29, 0.717) is 52.4 Å². The van der Waals surface area contributed by atoms with Gasteiger partial charge in [0.2, 0.25) is 5.91 Å². The van der Waals surface area contributed by atoms with Crippen LogP contribution < -0.4 is 16.0 Å². The maximum atomic E-state index is 14.4. The van der Waals surface area contributed by atoms with E-state index < -0.39 is 11.9 Å². The topological polar surface area (TPSA) is 125 Å². The Morgan fingerprint density at radius 3 is 2.56 bits per heavy atom. The maximum Gasteiger partial charge on any atom is 0.406 e. The van der Waals surface area contributed by atoms with Crippen molar-refractivity contribution in [1.29, 1.82) is 0 Å². The van der Waals surface area contributed by atoms with E-state index in [1.54, 1.807) is 24.4 Å². The minimum absolute atomic E-state index is 0.131. The molecular weight excluding hydrogens is 571 g/mol. The molecule has 4 rings (SSSR count). The van der Waals surface area contributed by atoms with Crippen LogP contribution >= 0.6 is 23.4 Å². The Hall–Kier alpha value is -3.52. The molecule has 3 heterocycles. The molecule has 0 aliphatic carbocycles. The third-order valence-corrected chi connectivity index (χ3v) is 7.39. The first-order valence-electron chi connectivity index (χ1n) is 13.0. The van der Waals surface area contributed by atoms with Gasteiger partial charge in [-0.05, 0) is 36.6 Å². The van der Waals surface area contributed by atoms with E-state index in [2.05, 4.69) is 45.7 Å². The van der Waals surface area contributed by atoms with Crippen molar-refractivity contribution in [1.82, 2.24) is 30.3 Å². The fourth-order valence-electron chi connectivity index (χ4n) is 4.27. The van der Waals surface area contributed by atoms with Crippen molar-refractivity contribution in [3.05, 3.63) is 53.4 Å². The minimum atomic E-state index is -0.449. The lowest BCUT2D eigenvalue weighted by Gasteiger charge is -2.34. The summed E-state index contributed by atoms with van der Waals surface area (Å²) in [4.78, 5) is 32.6. The number of carbonyl (C=O) groups excluding carboxylic acids is 2.